The van der Waals surface area contributed by atoms with Crippen LogP contribution in [0.2, 0.25) is 0 Å². The molecular weight excluding hydrogens is 198 g/mol. The summed E-state index contributed by atoms with van der Waals surface area (Å²) in [4.78, 5) is 11.1. The Labute approximate surface area is 87.8 Å². The van der Waals surface area contributed by atoms with Crippen molar-refractivity contribution in [3.63, 3.8) is 0 Å². The average Bonchev–Trinajstić information content (AvgIpc) is 2.25. The Kier molecular flexibility index (Phi) is 5.11. The number of ether oxygens (including phenoxy) is 1. The van der Waals surface area contributed by atoms with Crippen molar-refractivity contribution in [3.8, 4) is 0 Å². The topological polar surface area (TPSA) is 38.3 Å². The van der Waals surface area contributed by atoms with Crippen LogP contribution in [0.3, 0.4) is 0 Å². The second-order valence-corrected chi connectivity index (χ2v) is 3.57. The zero-order valence-corrected chi connectivity index (χ0v) is 8.84. The summed E-state index contributed by atoms with van der Waals surface area (Å²) in [6.07, 6.45) is 0. The fourth-order valence-electron chi connectivity index (χ4n) is 0.934. The van der Waals surface area contributed by atoms with Crippen LogP contribution in [-0.2, 0) is 11.3 Å². The molecule has 0 aliphatic heterocycles. The second-order valence-electron chi connectivity index (χ2n) is 2.68. The maximum absolute atomic E-state index is 11.1. The molecule has 1 rings (SSSR count). The summed E-state index contributed by atoms with van der Waals surface area (Å²) in [5, 5.41) is 2.72. The van der Waals surface area contributed by atoms with Gasteiger partial charge in [-0.2, -0.15) is 0 Å². The van der Waals surface area contributed by atoms with E-state index in [1.165, 1.54) is 0 Å². The van der Waals surface area contributed by atoms with E-state index in [-0.39, 0.29) is 5.24 Å². The van der Waals surface area contributed by atoms with Crippen LogP contribution in [0.15, 0.2) is 30.3 Å². The highest BCUT2D eigenvalue weighted by Gasteiger charge is 2.00. The summed E-state index contributed by atoms with van der Waals surface area (Å²) in [6, 6.07) is 9.79. The summed E-state index contributed by atoms with van der Waals surface area (Å²) >= 11 is 1.12. The average molecular weight is 211 g/mol. The first-order valence-corrected chi connectivity index (χ1v) is 5.25. The van der Waals surface area contributed by atoms with Crippen LogP contribution < -0.4 is 5.32 Å². The largest absolute Gasteiger partial charge is 0.374 e. The fraction of sp³-hybridized carbons (Fsp3) is 0.300. The molecule has 0 atom stereocenters. The minimum atomic E-state index is -0.0595. The highest BCUT2D eigenvalue weighted by atomic mass is 32.2. The van der Waals surface area contributed by atoms with E-state index in [4.69, 9.17) is 4.74 Å². The molecule has 0 aromatic heterocycles. The van der Waals surface area contributed by atoms with Crippen LogP contribution in [0.4, 0.5) is 4.79 Å². The van der Waals surface area contributed by atoms with Gasteiger partial charge < -0.3 is 10.1 Å². The van der Waals surface area contributed by atoms with Crippen molar-refractivity contribution in [2.75, 3.05) is 13.0 Å². The molecule has 0 unspecified atom stereocenters. The molecule has 0 saturated heterocycles. The molecule has 0 aliphatic rings. The Morgan fingerprint density at radius 2 is 2.14 bits per heavy atom. The SMILES string of the molecule is COCSC(=O)NCc1ccccc1. The molecule has 0 spiro atoms. The summed E-state index contributed by atoms with van der Waals surface area (Å²) in [7, 11) is 1.57. The molecule has 1 aromatic rings. The van der Waals surface area contributed by atoms with Gasteiger partial charge in [-0.05, 0) is 17.3 Å². The number of methoxy groups -OCH3 is 1. The standard InChI is InChI=1S/C10H13NO2S/c1-13-8-14-10(12)11-7-9-5-3-2-4-6-9/h2-6H,7-8H2,1H3,(H,11,12). The maximum Gasteiger partial charge on any atom is 0.281 e. The van der Waals surface area contributed by atoms with Gasteiger partial charge in [-0.1, -0.05) is 30.3 Å². The third-order valence-electron chi connectivity index (χ3n) is 1.59. The molecule has 3 nitrogen and oxygen atoms in total. The molecule has 4 heteroatoms. The third kappa shape index (κ3) is 4.30. The van der Waals surface area contributed by atoms with Crippen LogP contribution in [0.1, 0.15) is 5.56 Å². The van der Waals surface area contributed by atoms with Gasteiger partial charge >= 0.3 is 0 Å². The number of amides is 1. The lowest BCUT2D eigenvalue weighted by atomic mass is 10.2. The van der Waals surface area contributed by atoms with Crippen LogP contribution in [-0.4, -0.2) is 18.3 Å². The smallest absolute Gasteiger partial charge is 0.281 e. The van der Waals surface area contributed by atoms with Gasteiger partial charge in [0, 0.05) is 13.7 Å². The van der Waals surface area contributed by atoms with E-state index in [2.05, 4.69) is 5.32 Å². The molecule has 1 N–H and O–H groups in total. The van der Waals surface area contributed by atoms with Crippen LogP contribution in [0.5, 0.6) is 0 Å². The van der Waals surface area contributed by atoms with E-state index in [9.17, 15) is 4.79 Å². The molecule has 1 aromatic carbocycles. The lowest BCUT2D eigenvalue weighted by Crippen LogP contribution is -2.18. The molecule has 1 amide bonds. The first kappa shape index (κ1) is 11.1. The molecule has 0 radical (unpaired) electrons. The number of carbonyl (C=O) groups is 1. The normalized spacial score (nSPS) is 9.79. The van der Waals surface area contributed by atoms with Gasteiger partial charge in [0.05, 0.1) is 0 Å². The summed E-state index contributed by atoms with van der Waals surface area (Å²) < 4.78 is 4.77. The van der Waals surface area contributed by atoms with Gasteiger partial charge in [0.2, 0.25) is 0 Å². The molecule has 14 heavy (non-hydrogen) atoms. The van der Waals surface area contributed by atoms with Crippen molar-refractivity contribution in [2.45, 2.75) is 6.54 Å². The Balaban J connectivity index is 2.24. The third-order valence-corrected chi connectivity index (χ3v) is 2.35. The fourth-order valence-corrected chi connectivity index (χ4v) is 1.33. The maximum atomic E-state index is 11.1. The molecule has 0 saturated carbocycles. The molecule has 76 valence electrons. The zero-order chi connectivity index (χ0) is 10.2. The highest BCUT2D eigenvalue weighted by Crippen LogP contribution is 2.03. The lowest BCUT2D eigenvalue weighted by molar-refractivity contribution is 0.251. The first-order valence-electron chi connectivity index (χ1n) is 4.26. The molecule has 0 heterocycles. The molecular formula is C10H13NO2S. The van der Waals surface area contributed by atoms with Gasteiger partial charge in [-0.15, -0.1) is 0 Å². The van der Waals surface area contributed by atoms with E-state index in [0.717, 1.165) is 17.3 Å². The van der Waals surface area contributed by atoms with E-state index in [0.29, 0.717) is 12.5 Å². The number of benzene rings is 1. The second kappa shape index (κ2) is 6.45. The number of rotatable bonds is 4. The summed E-state index contributed by atoms with van der Waals surface area (Å²) in [5.74, 6) is 0.390. The van der Waals surface area contributed by atoms with Crippen molar-refractivity contribution in [1.29, 1.82) is 0 Å². The molecule has 0 fully saturated rings. The highest BCUT2D eigenvalue weighted by molar-refractivity contribution is 8.13. The Morgan fingerprint density at radius 3 is 2.79 bits per heavy atom. The van der Waals surface area contributed by atoms with Gasteiger partial charge in [-0.3, -0.25) is 4.79 Å². The van der Waals surface area contributed by atoms with Crippen LogP contribution in [0.25, 0.3) is 0 Å². The number of thioether (sulfide) groups is 1. The van der Waals surface area contributed by atoms with Gasteiger partial charge in [0.15, 0.2) is 0 Å². The van der Waals surface area contributed by atoms with Crippen LogP contribution >= 0.6 is 11.8 Å². The van der Waals surface area contributed by atoms with Gasteiger partial charge in [0.25, 0.3) is 5.24 Å². The van der Waals surface area contributed by atoms with Crippen molar-refractivity contribution in [2.24, 2.45) is 0 Å². The van der Waals surface area contributed by atoms with Crippen molar-refractivity contribution in [3.05, 3.63) is 35.9 Å². The zero-order valence-electron chi connectivity index (χ0n) is 8.03. The van der Waals surface area contributed by atoms with E-state index < -0.39 is 0 Å². The lowest BCUT2D eigenvalue weighted by Gasteiger charge is -2.03. The van der Waals surface area contributed by atoms with E-state index >= 15 is 0 Å². The minimum absolute atomic E-state index is 0.0595. The number of hydrogen-bond acceptors (Lipinski definition) is 3. The Bertz CT molecular complexity index is 277. The summed E-state index contributed by atoms with van der Waals surface area (Å²) in [5.41, 5.74) is 1.10. The van der Waals surface area contributed by atoms with Crippen molar-refractivity contribution in [1.82, 2.24) is 5.32 Å². The van der Waals surface area contributed by atoms with E-state index in [1.807, 2.05) is 30.3 Å². The van der Waals surface area contributed by atoms with Gasteiger partial charge in [0.1, 0.15) is 5.94 Å². The summed E-state index contributed by atoms with van der Waals surface area (Å²) in [6.45, 7) is 0.566. The number of hydrogen-bond donors (Lipinski definition) is 1. The predicted octanol–water partition coefficient (Wildman–Crippen LogP) is 2.23. The monoisotopic (exact) mass is 211 g/mol. The molecule has 0 aliphatic carbocycles. The predicted molar refractivity (Wildman–Crippen MR) is 58.1 cm³/mol. The van der Waals surface area contributed by atoms with E-state index in [1.54, 1.807) is 7.11 Å². The number of carbonyl (C=O) groups excluding carboxylic acids is 1. The van der Waals surface area contributed by atoms with Gasteiger partial charge in [-0.25, -0.2) is 0 Å². The van der Waals surface area contributed by atoms with Crippen molar-refractivity contribution >= 4 is 17.0 Å². The van der Waals surface area contributed by atoms with Crippen LogP contribution in [0, 0.1) is 0 Å². The first-order chi connectivity index (χ1) is 6.83. The van der Waals surface area contributed by atoms with Crippen molar-refractivity contribution < 1.29 is 9.53 Å². The molecule has 0 bridgehead atoms. The Morgan fingerprint density at radius 1 is 1.43 bits per heavy atom. The minimum Gasteiger partial charge on any atom is -0.374 e. The Hall–Kier alpha value is -1.00. The quantitative estimate of drug-likeness (QED) is 0.776. The number of nitrogens with one attached hydrogen (secondary N) is 1.